The number of primary amides is 1. The molecule has 1 aromatic rings. The number of anilines is 1. The van der Waals surface area contributed by atoms with Gasteiger partial charge in [0.1, 0.15) is 5.82 Å². The number of hydrogen-bond acceptors (Lipinski definition) is 6. The van der Waals surface area contributed by atoms with E-state index in [2.05, 4.69) is 28.7 Å². The molecule has 6 N–H and O–H groups in total. The van der Waals surface area contributed by atoms with E-state index in [0.29, 0.717) is 17.2 Å². The summed E-state index contributed by atoms with van der Waals surface area (Å²) in [7, 11) is 0. The lowest BCUT2D eigenvalue weighted by atomic mass is 10.0. The van der Waals surface area contributed by atoms with Crippen LogP contribution < -0.4 is 17.2 Å². The largest absolute Gasteiger partial charge is 0.404 e. The van der Waals surface area contributed by atoms with Crippen molar-refractivity contribution in [2.24, 2.45) is 16.5 Å². The van der Waals surface area contributed by atoms with Gasteiger partial charge in [-0.25, -0.2) is 4.98 Å². The molecule has 0 unspecified atom stereocenters. The van der Waals surface area contributed by atoms with E-state index in [-0.39, 0.29) is 17.4 Å². The number of allylic oxidation sites excluding steroid dienone is 1. The Hall–Kier alpha value is -2.41. The molecule has 1 aliphatic rings. The van der Waals surface area contributed by atoms with Crippen molar-refractivity contribution in [3.63, 3.8) is 0 Å². The lowest BCUT2D eigenvalue weighted by molar-refractivity contribution is 0.100. The number of nitrogens with zero attached hydrogens (tertiary/aromatic N) is 3. The van der Waals surface area contributed by atoms with Crippen LogP contribution in [0.4, 0.5) is 5.82 Å². The van der Waals surface area contributed by atoms with Crippen LogP contribution in [0.15, 0.2) is 23.5 Å². The van der Waals surface area contributed by atoms with Crippen molar-refractivity contribution in [1.29, 1.82) is 0 Å². The topological polar surface area (TPSA) is 124 Å². The molecule has 7 heteroatoms. The van der Waals surface area contributed by atoms with Crippen LogP contribution in [0, 0.1) is 0 Å². The Balaban J connectivity index is 2.08. The van der Waals surface area contributed by atoms with Crippen molar-refractivity contribution in [3.05, 3.63) is 29.6 Å². The summed E-state index contributed by atoms with van der Waals surface area (Å²) >= 11 is 0. The molecule has 7 nitrogen and oxygen atoms in total. The van der Waals surface area contributed by atoms with Crippen molar-refractivity contribution in [1.82, 2.24) is 9.88 Å². The highest BCUT2D eigenvalue weighted by Crippen LogP contribution is 2.19. The molecule has 0 saturated carbocycles. The van der Waals surface area contributed by atoms with E-state index in [4.69, 9.17) is 17.2 Å². The number of carbonyl (C=O) groups is 1. The van der Waals surface area contributed by atoms with Crippen molar-refractivity contribution in [2.45, 2.75) is 38.8 Å². The highest BCUT2D eigenvalue weighted by Gasteiger charge is 2.19. The molecule has 0 atom stereocenters. The predicted molar refractivity (Wildman–Crippen MR) is 97.6 cm³/mol. The second-order valence-electron chi connectivity index (χ2n) is 6.28. The lowest BCUT2D eigenvalue weighted by Crippen LogP contribution is -2.39. The molecule has 2 rings (SSSR count). The third kappa shape index (κ3) is 4.32. The Labute approximate surface area is 142 Å². The highest BCUT2D eigenvalue weighted by atomic mass is 16.1. The number of nitrogens with two attached hydrogens (primary N) is 3. The molecule has 1 aromatic heterocycles. The predicted octanol–water partition coefficient (Wildman–Crippen LogP) is 1.01. The third-order valence-electron chi connectivity index (χ3n) is 4.35. The average Bonchev–Trinajstić information content (AvgIpc) is 2.56. The van der Waals surface area contributed by atoms with Gasteiger partial charge in [-0.15, -0.1) is 0 Å². The molecule has 0 spiro atoms. The molecule has 24 heavy (non-hydrogen) atoms. The summed E-state index contributed by atoms with van der Waals surface area (Å²) in [5.41, 5.74) is 18.2. The number of likely N-dealkylation sites (tertiary alicyclic amines) is 1. The van der Waals surface area contributed by atoms with Gasteiger partial charge in [0.25, 0.3) is 5.91 Å². The molecule has 1 aliphatic heterocycles. The van der Waals surface area contributed by atoms with Crippen LogP contribution in [0.5, 0.6) is 0 Å². The van der Waals surface area contributed by atoms with Crippen LogP contribution in [0.25, 0.3) is 5.57 Å². The first kappa shape index (κ1) is 17.9. The number of carbonyl (C=O) groups excluding carboxylic acids is 1. The van der Waals surface area contributed by atoms with E-state index < -0.39 is 5.91 Å². The number of pyridine rings is 1. The van der Waals surface area contributed by atoms with Gasteiger partial charge in [0.2, 0.25) is 0 Å². The van der Waals surface area contributed by atoms with Gasteiger partial charge >= 0.3 is 0 Å². The first-order valence-electron chi connectivity index (χ1n) is 8.17. The van der Waals surface area contributed by atoms with E-state index in [1.807, 2.05) is 0 Å². The number of aromatic nitrogens is 1. The van der Waals surface area contributed by atoms with Crippen molar-refractivity contribution in [2.75, 3.05) is 18.8 Å². The van der Waals surface area contributed by atoms with Gasteiger partial charge in [0.15, 0.2) is 0 Å². The molecule has 1 amide bonds. The maximum atomic E-state index is 11.4. The Morgan fingerprint density at radius 3 is 2.62 bits per heavy atom. The van der Waals surface area contributed by atoms with Gasteiger partial charge in [-0.05, 0) is 32.8 Å². The van der Waals surface area contributed by atoms with Crippen LogP contribution in [0.1, 0.15) is 42.6 Å². The van der Waals surface area contributed by atoms with E-state index in [9.17, 15) is 4.79 Å². The molecular weight excluding hydrogens is 304 g/mol. The van der Waals surface area contributed by atoms with Crippen LogP contribution in [0.2, 0.25) is 0 Å². The number of nitrogen functional groups attached to an aromatic ring is 1. The first-order chi connectivity index (χ1) is 11.4. The van der Waals surface area contributed by atoms with E-state index >= 15 is 0 Å². The molecule has 1 fully saturated rings. The Bertz CT molecular complexity index is 644. The minimum absolute atomic E-state index is 0.112. The fraction of sp³-hybridized carbons (Fsp3) is 0.471. The summed E-state index contributed by atoms with van der Waals surface area (Å²) in [6.07, 6.45) is 6.81. The first-order valence-corrected chi connectivity index (χ1v) is 8.17. The number of aliphatic imine (C=N–C) groups is 1. The zero-order valence-corrected chi connectivity index (χ0v) is 14.3. The number of piperidine rings is 1. The van der Waals surface area contributed by atoms with Gasteiger partial charge in [0.05, 0.1) is 11.6 Å². The quantitative estimate of drug-likeness (QED) is 0.695. The summed E-state index contributed by atoms with van der Waals surface area (Å²) in [4.78, 5) is 22.5. The van der Waals surface area contributed by atoms with E-state index in [0.717, 1.165) is 25.9 Å². The molecule has 0 aliphatic carbocycles. The lowest BCUT2D eigenvalue weighted by Gasteiger charge is -2.33. The molecule has 130 valence electrons. The SMILES string of the molecule is CC(C)N1CCC(N=CC(=CN)c2cnc(N)c(C(N)=O)c2)CC1. The van der Waals surface area contributed by atoms with E-state index in [1.54, 1.807) is 18.5 Å². The second-order valence-corrected chi connectivity index (χ2v) is 6.28. The summed E-state index contributed by atoms with van der Waals surface area (Å²) in [5, 5.41) is 0. The average molecular weight is 330 g/mol. The van der Waals surface area contributed by atoms with Gasteiger partial charge in [0, 0.05) is 48.9 Å². The van der Waals surface area contributed by atoms with Crippen molar-refractivity contribution >= 4 is 23.5 Å². The van der Waals surface area contributed by atoms with Crippen LogP contribution in [-0.4, -0.2) is 47.2 Å². The summed E-state index contributed by atoms with van der Waals surface area (Å²) < 4.78 is 0. The van der Waals surface area contributed by atoms with Crippen molar-refractivity contribution < 1.29 is 4.79 Å². The fourth-order valence-electron chi connectivity index (χ4n) is 2.78. The zero-order valence-electron chi connectivity index (χ0n) is 14.3. The minimum atomic E-state index is -0.615. The highest BCUT2D eigenvalue weighted by molar-refractivity contribution is 6.10. The van der Waals surface area contributed by atoms with Crippen molar-refractivity contribution in [3.8, 4) is 0 Å². The van der Waals surface area contributed by atoms with Crippen LogP contribution in [-0.2, 0) is 0 Å². The van der Waals surface area contributed by atoms with Gasteiger partial charge < -0.3 is 22.1 Å². The summed E-state index contributed by atoms with van der Waals surface area (Å²) in [6, 6.07) is 2.45. The number of rotatable bonds is 5. The molecule has 0 aromatic carbocycles. The molecular formula is C17H26N6O. The molecule has 0 bridgehead atoms. The monoisotopic (exact) mass is 330 g/mol. The summed E-state index contributed by atoms with van der Waals surface area (Å²) in [6.45, 7) is 6.53. The van der Waals surface area contributed by atoms with Crippen LogP contribution >= 0.6 is 0 Å². The van der Waals surface area contributed by atoms with Gasteiger partial charge in [-0.3, -0.25) is 9.79 Å². The third-order valence-corrected chi connectivity index (χ3v) is 4.35. The van der Waals surface area contributed by atoms with Crippen LogP contribution in [0.3, 0.4) is 0 Å². The number of hydrogen-bond donors (Lipinski definition) is 3. The standard InChI is InChI=1S/C17H26N6O/c1-11(2)23-5-3-14(4-6-23)21-10-13(8-18)12-7-15(17(20)24)16(19)22-9-12/h7-11,14H,3-6,18H2,1-2H3,(H2,19,22)(H2,20,24). The number of amides is 1. The van der Waals surface area contributed by atoms with E-state index in [1.165, 1.54) is 6.20 Å². The van der Waals surface area contributed by atoms with Gasteiger partial charge in [-0.2, -0.15) is 0 Å². The zero-order chi connectivity index (χ0) is 17.7. The molecule has 2 heterocycles. The second kappa shape index (κ2) is 7.92. The Morgan fingerprint density at radius 1 is 1.42 bits per heavy atom. The maximum absolute atomic E-state index is 11.4. The smallest absolute Gasteiger partial charge is 0.252 e. The summed E-state index contributed by atoms with van der Waals surface area (Å²) in [5.74, 6) is -0.503. The Kier molecular flexibility index (Phi) is 5.92. The fourth-order valence-corrected chi connectivity index (χ4v) is 2.78. The molecule has 1 saturated heterocycles. The van der Waals surface area contributed by atoms with Gasteiger partial charge in [-0.1, -0.05) is 0 Å². The minimum Gasteiger partial charge on any atom is -0.404 e. The normalized spacial score (nSPS) is 17.7. The molecule has 0 radical (unpaired) electrons. The Morgan fingerprint density at radius 2 is 2.08 bits per heavy atom. The maximum Gasteiger partial charge on any atom is 0.252 e.